The van der Waals surface area contributed by atoms with Crippen LogP contribution in [0, 0.1) is 0 Å². The van der Waals surface area contributed by atoms with Gasteiger partial charge in [-0.2, -0.15) is 0 Å². The molecule has 0 aliphatic carbocycles. The molecule has 1 saturated heterocycles. The second-order valence-electron chi connectivity index (χ2n) is 4.21. The number of hydrogen-bond acceptors (Lipinski definition) is 6. The molecule has 0 spiro atoms. The van der Waals surface area contributed by atoms with E-state index in [1.54, 1.807) is 0 Å². The Balaban J connectivity index is 2.10. The topological polar surface area (TPSA) is 77.4 Å². The summed E-state index contributed by atoms with van der Waals surface area (Å²) in [5.74, 6) is 0.467. The molecule has 0 unspecified atom stereocenters. The summed E-state index contributed by atoms with van der Waals surface area (Å²) >= 11 is 0. The van der Waals surface area contributed by atoms with Crippen LogP contribution in [0.5, 0.6) is 0 Å². The van der Waals surface area contributed by atoms with Crippen LogP contribution in [-0.4, -0.2) is 35.5 Å². The first-order valence-electron chi connectivity index (χ1n) is 5.02. The minimum absolute atomic E-state index is 0.171. The van der Waals surface area contributed by atoms with Gasteiger partial charge in [-0.15, -0.1) is 5.10 Å². The van der Waals surface area contributed by atoms with Gasteiger partial charge in [0.2, 0.25) is 5.89 Å². The second-order valence-corrected chi connectivity index (χ2v) is 4.21. The molecular weight excluding hydrogens is 196 g/mol. The smallest absolute Gasteiger partial charge is 0.318 e. The Kier molecular flexibility index (Phi) is 2.62. The summed E-state index contributed by atoms with van der Waals surface area (Å²) in [5.41, 5.74) is 5.24. The summed E-state index contributed by atoms with van der Waals surface area (Å²) in [6.45, 7) is 6.56. The van der Waals surface area contributed by atoms with Gasteiger partial charge in [0.15, 0.2) is 0 Å². The van der Waals surface area contributed by atoms with Crippen molar-refractivity contribution in [3.05, 3.63) is 5.89 Å². The lowest BCUT2D eigenvalue weighted by atomic mass is 10.1. The van der Waals surface area contributed by atoms with Gasteiger partial charge in [0, 0.05) is 6.54 Å². The summed E-state index contributed by atoms with van der Waals surface area (Å²) in [4.78, 5) is 2.02. The van der Waals surface area contributed by atoms with Crippen LogP contribution in [0.25, 0.3) is 0 Å². The second kappa shape index (κ2) is 3.79. The predicted molar refractivity (Wildman–Crippen MR) is 54.4 cm³/mol. The van der Waals surface area contributed by atoms with Crippen molar-refractivity contribution in [2.45, 2.75) is 26.0 Å². The number of hydrogen-bond donors (Lipinski definition) is 1. The van der Waals surface area contributed by atoms with E-state index in [9.17, 15) is 0 Å². The third-order valence-electron chi connectivity index (χ3n) is 2.33. The molecule has 6 heteroatoms. The largest absolute Gasteiger partial charge is 0.407 e. The van der Waals surface area contributed by atoms with Crippen molar-refractivity contribution in [2.75, 3.05) is 24.6 Å². The summed E-state index contributed by atoms with van der Waals surface area (Å²) in [7, 11) is 0. The van der Waals surface area contributed by atoms with Gasteiger partial charge in [-0.1, -0.05) is 5.10 Å². The van der Waals surface area contributed by atoms with Crippen LogP contribution >= 0.6 is 0 Å². The standard InChI is InChI=1S/C9H16N4O2/c1-9(2)6-13(3-4-14-9)8-12-11-7(5-10)15-8/h3-6,10H2,1-2H3. The summed E-state index contributed by atoms with van der Waals surface area (Å²) in [6.07, 6.45) is 0. The van der Waals surface area contributed by atoms with Crippen molar-refractivity contribution < 1.29 is 9.15 Å². The normalized spacial score (nSPS) is 20.6. The van der Waals surface area contributed by atoms with Crippen molar-refractivity contribution in [1.29, 1.82) is 0 Å². The van der Waals surface area contributed by atoms with Crippen LogP contribution in [0.15, 0.2) is 4.42 Å². The lowest BCUT2D eigenvalue weighted by Crippen LogP contribution is -2.48. The molecule has 0 bridgehead atoms. The van der Waals surface area contributed by atoms with Crippen molar-refractivity contribution in [2.24, 2.45) is 5.73 Å². The molecule has 0 atom stereocenters. The molecule has 0 radical (unpaired) electrons. The Labute approximate surface area is 88.4 Å². The van der Waals surface area contributed by atoms with Crippen molar-refractivity contribution in [3.63, 3.8) is 0 Å². The quantitative estimate of drug-likeness (QED) is 0.751. The molecule has 1 aliphatic heterocycles. The van der Waals surface area contributed by atoms with E-state index in [2.05, 4.69) is 10.2 Å². The Bertz CT molecular complexity index is 337. The molecule has 1 aromatic heterocycles. The first kappa shape index (κ1) is 10.4. The van der Waals surface area contributed by atoms with Crippen LogP contribution in [0.1, 0.15) is 19.7 Å². The number of nitrogens with zero attached hydrogens (tertiary/aromatic N) is 3. The van der Waals surface area contributed by atoms with E-state index in [0.717, 1.165) is 13.1 Å². The zero-order valence-corrected chi connectivity index (χ0v) is 9.06. The summed E-state index contributed by atoms with van der Waals surface area (Å²) in [6, 6.07) is 0.534. The fourth-order valence-electron chi connectivity index (χ4n) is 1.63. The van der Waals surface area contributed by atoms with Crippen LogP contribution in [-0.2, 0) is 11.3 Å². The highest BCUT2D eigenvalue weighted by Crippen LogP contribution is 2.21. The van der Waals surface area contributed by atoms with Crippen LogP contribution in [0.2, 0.25) is 0 Å². The first-order chi connectivity index (χ1) is 7.11. The van der Waals surface area contributed by atoms with Gasteiger partial charge in [-0.3, -0.25) is 0 Å². The maximum Gasteiger partial charge on any atom is 0.318 e. The highest BCUT2D eigenvalue weighted by molar-refractivity contribution is 5.26. The predicted octanol–water partition coefficient (Wildman–Crippen LogP) is 0.144. The highest BCUT2D eigenvalue weighted by Gasteiger charge is 2.29. The molecule has 1 aromatic rings. The molecule has 1 fully saturated rings. The van der Waals surface area contributed by atoms with Gasteiger partial charge in [0.05, 0.1) is 25.3 Å². The van der Waals surface area contributed by atoms with E-state index in [4.69, 9.17) is 14.9 Å². The SMILES string of the molecule is CC1(C)CN(c2nnc(CN)o2)CCO1. The number of rotatable bonds is 2. The lowest BCUT2D eigenvalue weighted by Gasteiger charge is -2.36. The number of anilines is 1. The Morgan fingerprint density at radius 3 is 2.87 bits per heavy atom. The number of aromatic nitrogens is 2. The fourth-order valence-corrected chi connectivity index (χ4v) is 1.63. The molecule has 1 aliphatic rings. The Hall–Kier alpha value is -1.14. The maximum absolute atomic E-state index is 5.59. The minimum Gasteiger partial charge on any atom is -0.407 e. The number of morpholine rings is 1. The van der Waals surface area contributed by atoms with E-state index in [1.165, 1.54) is 0 Å². The molecule has 0 saturated carbocycles. The van der Waals surface area contributed by atoms with Gasteiger partial charge in [-0.05, 0) is 13.8 Å². The first-order valence-corrected chi connectivity index (χ1v) is 5.02. The average Bonchev–Trinajstić information content (AvgIpc) is 2.64. The van der Waals surface area contributed by atoms with Crippen LogP contribution < -0.4 is 10.6 Å². The van der Waals surface area contributed by atoms with E-state index < -0.39 is 0 Å². The van der Waals surface area contributed by atoms with Gasteiger partial charge >= 0.3 is 6.01 Å². The molecule has 2 N–H and O–H groups in total. The number of nitrogens with two attached hydrogens (primary N) is 1. The molecule has 0 amide bonds. The number of ether oxygens (including phenoxy) is 1. The van der Waals surface area contributed by atoms with E-state index in [1.807, 2.05) is 18.7 Å². The average molecular weight is 212 g/mol. The zero-order valence-electron chi connectivity index (χ0n) is 9.06. The minimum atomic E-state index is -0.171. The molecule has 84 valence electrons. The third kappa shape index (κ3) is 2.27. The molecule has 0 aromatic carbocycles. The Morgan fingerprint density at radius 2 is 2.27 bits per heavy atom. The van der Waals surface area contributed by atoms with E-state index in [0.29, 0.717) is 18.5 Å². The molecule has 2 rings (SSSR count). The summed E-state index contributed by atoms with van der Waals surface area (Å²) in [5, 5.41) is 7.78. The van der Waals surface area contributed by atoms with Crippen LogP contribution in [0.3, 0.4) is 0 Å². The molecule has 6 nitrogen and oxygen atoms in total. The fraction of sp³-hybridized carbons (Fsp3) is 0.778. The van der Waals surface area contributed by atoms with Gasteiger partial charge in [0.1, 0.15) is 0 Å². The van der Waals surface area contributed by atoms with Gasteiger partial charge in [0.25, 0.3) is 0 Å². The monoisotopic (exact) mass is 212 g/mol. The molecular formula is C9H16N4O2. The summed E-state index contributed by atoms with van der Waals surface area (Å²) < 4.78 is 11.0. The van der Waals surface area contributed by atoms with Crippen molar-refractivity contribution >= 4 is 6.01 Å². The van der Waals surface area contributed by atoms with Crippen molar-refractivity contribution in [3.8, 4) is 0 Å². The maximum atomic E-state index is 5.59. The van der Waals surface area contributed by atoms with Gasteiger partial charge in [-0.25, -0.2) is 0 Å². The van der Waals surface area contributed by atoms with Crippen molar-refractivity contribution in [1.82, 2.24) is 10.2 Å². The third-order valence-corrected chi connectivity index (χ3v) is 2.33. The molecule has 2 heterocycles. The van der Waals surface area contributed by atoms with E-state index in [-0.39, 0.29) is 12.1 Å². The molecule has 15 heavy (non-hydrogen) atoms. The zero-order chi connectivity index (χ0) is 10.9. The Morgan fingerprint density at radius 1 is 1.47 bits per heavy atom. The van der Waals surface area contributed by atoms with Crippen LogP contribution in [0.4, 0.5) is 6.01 Å². The highest BCUT2D eigenvalue weighted by atomic mass is 16.5. The lowest BCUT2D eigenvalue weighted by molar-refractivity contribution is -0.0290. The van der Waals surface area contributed by atoms with Gasteiger partial charge < -0.3 is 19.8 Å². The van der Waals surface area contributed by atoms with E-state index >= 15 is 0 Å².